The highest BCUT2D eigenvalue weighted by Crippen LogP contribution is 2.02. The number of hydrogen-bond acceptors (Lipinski definition) is 3. The highest BCUT2D eigenvalue weighted by molar-refractivity contribution is 5.81. The van der Waals surface area contributed by atoms with Gasteiger partial charge in [0.25, 0.3) is 0 Å². The fourth-order valence-electron chi connectivity index (χ4n) is 0.702. The van der Waals surface area contributed by atoms with Crippen molar-refractivity contribution < 1.29 is 9.53 Å². The third kappa shape index (κ3) is 5.78. The quantitative estimate of drug-likeness (QED) is 0.366. The molecule has 0 aliphatic carbocycles. The van der Waals surface area contributed by atoms with Gasteiger partial charge in [-0.3, -0.25) is 0 Å². The van der Waals surface area contributed by atoms with Gasteiger partial charge in [0.05, 0.1) is 12.0 Å². The minimum atomic E-state index is -0.449. The predicted octanol–water partition coefficient (Wildman–Crippen LogP) is 1.99. The van der Waals surface area contributed by atoms with Crippen LogP contribution in [0.4, 0.5) is 0 Å². The van der Waals surface area contributed by atoms with E-state index < -0.39 is 5.97 Å². The van der Waals surface area contributed by atoms with Crippen molar-refractivity contribution in [3.8, 4) is 6.07 Å². The van der Waals surface area contributed by atoms with E-state index in [-0.39, 0.29) is 12.5 Å². The summed E-state index contributed by atoms with van der Waals surface area (Å²) < 4.78 is 4.69. The first kappa shape index (κ1) is 12.2. The van der Waals surface area contributed by atoms with Crippen LogP contribution in [0.25, 0.3) is 0 Å². The Morgan fingerprint density at radius 3 is 2.71 bits per heavy atom. The molecular formula is C11H13NO2. The molecule has 0 radical (unpaired) electrons. The lowest BCUT2D eigenvalue weighted by atomic mass is 10.1. The van der Waals surface area contributed by atoms with Crippen molar-refractivity contribution in [2.75, 3.05) is 6.61 Å². The van der Waals surface area contributed by atoms with E-state index in [2.05, 4.69) is 24.0 Å². The van der Waals surface area contributed by atoms with Crippen molar-refractivity contribution in [3.63, 3.8) is 0 Å². The van der Waals surface area contributed by atoms with Gasteiger partial charge in [0.1, 0.15) is 6.61 Å². The summed E-state index contributed by atoms with van der Waals surface area (Å²) in [5.74, 6) is -0.628. The molecule has 0 bridgehead atoms. The fraction of sp³-hybridized carbons (Fsp3) is 0.273. The normalized spacial score (nSPS) is 11.6. The van der Waals surface area contributed by atoms with Crippen LogP contribution in [0.15, 0.2) is 37.5 Å². The van der Waals surface area contributed by atoms with Crippen molar-refractivity contribution >= 4 is 5.97 Å². The Labute approximate surface area is 84.0 Å². The molecule has 0 fully saturated rings. The van der Waals surface area contributed by atoms with Crippen molar-refractivity contribution in [1.82, 2.24) is 0 Å². The average molecular weight is 191 g/mol. The predicted molar refractivity (Wildman–Crippen MR) is 54.2 cm³/mol. The van der Waals surface area contributed by atoms with Crippen molar-refractivity contribution in [2.45, 2.75) is 6.42 Å². The van der Waals surface area contributed by atoms with E-state index in [4.69, 9.17) is 5.26 Å². The molecule has 0 aromatic rings. The molecule has 0 aliphatic heterocycles. The molecule has 3 nitrogen and oxygen atoms in total. The molecule has 0 aromatic heterocycles. The fourth-order valence-corrected chi connectivity index (χ4v) is 0.702. The SMILES string of the molecule is C=CC(=O)OCC=CCC(C#N)C=C. The van der Waals surface area contributed by atoms with Crippen LogP contribution in [0.3, 0.4) is 0 Å². The summed E-state index contributed by atoms with van der Waals surface area (Å²) in [5.41, 5.74) is 0. The van der Waals surface area contributed by atoms with Gasteiger partial charge in [-0.2, -0.15) is 5.26 Å². The van der Waals surface area contributed by atoms with Gasteiger partial charge in [-0.15, -0.1) is 6.58 Å². The number of ether oxygens (including phenoxy) is 1. The second-order valence-electron chi connectivity index (χ2n) is 2.51. The van der Waals surface area contributed by atoms with Gasteiger partial charge in [-0.25, -0.2) is 4.79 Å². The molecule has 0 aliphatic rings. The Hall–Kier alpha value is -1.82. The molecule has 0 heterocycles. The zero-order valence-electron chi connectivity index (χ0n) is 7.98. The first-order chi connectivity index (χ1) is 6.74. The molecule has 0 spiro atoms. The summed E-state index contributed by atoms with van der Waals surface area (Å²) in [6.45, 7) is 6.99. The molecule has 0 N–H and O–H groups in total. The topological polar surface area (TPSA) is 50.1 Å². The third-order valence-corrected chi connectivity index (χ3v) is 1.50. The van der Waals surface area contributed by atoms with Crippen LogP contribution < -0.4 is 0 Å². The zero-order valence-corrected chi connectivity index (χ0v) is 7.98. The summed E-state index contributed by atoms with van der Waals surface area (Å²) in [6.07, 6.45) is 6.75. The van der Waals surface area contributed by atoms with E-state index >= 15 is 0 Å². The summed E-state index contributed by atoms with van der Waals surface area (Å²) in [7, 11) is 0. The molecule has 1 atom stereocenters. The molecule has 0 amide bonds. The lowest BCUT2D eigenvalue weighted by Gasteiger charge is -1.97. The van der Waals surface area contributed by atoms with Gasteiger partial charge in [0.2, 0.25) is 0 Å². The number of nitrogens with zero attached hydrogens (tertiary/aromatic N) is 1. The molecule has 0 saturated carbocycles. The van der Waals surface area contributed by atoms with Crippen molar-refractivity contribution in [2.24, 2.45) is 5.92 Å². The van der Waals surface area contributed by atoms with Gasteiger partial charge >= 0.3 is 5.97 Å². The van der Waals surface area contributed by atoms with Crippen LogP contribution >= 0.6 is 0 Å². The van der Waals surface area contributed by atoms with E-state index in [1.54, 1.807) is 18.2 Å². The van der Waals surface area contributed by atoms with E-state index in [0.717, 1.165) is 6.08 Å². The average Bonchev–Trinajstić information content (AvgIpc) is 2.23. The molecule has 0 rings (SSSR count). The minimum Gasteiger partial charge on any atom is -0.458 e. The first-order valence-electron chi connectivity index (χ1n) is 4.21. The number of carbonyl (C=O) groups excluding carboxylic acids is 1. The Bertz CT molecular complexity index is 274. The molecule has 0 aromatic carbocycles. The van der Waals surface area contributed by atoms with E-state index in [9.17, 15) is 4.79 Å². The number of nitriles is 1. The monoisotopic (exact) mass is 191 g/mol. The number of carbonyl (C=O) groups is 1. The maximum atomic E-state index is 10.6. The van der Waals surface area contributed by atoms with Gasteiger partial charge < -0.3 is 4.74 Å². The van der Waals surface area contributed by atoms with Crippen LogP contribution in [0, 0.1) is 17.2 Å². The van der Waals surface area contributed by atoms with Crippen LogP contribution in [0.1, 0.15) is 6.42 Å². The first-order valence-corrected chi connectivity index (χ1v) is 4.21. The van der Waals surface area contributed by atoms with E-state index in [1.165, 1.54) is 0 Å². The lowest BCUT2D eigenvalue weighted by molar-refractivity contribution is -0.136. The van der Waals surface area contributed by atoms with Gasteiger partial charge in [-0.1, -0.05) is 24.8 Å². The minimum absolute atomic E-state index is 0.179. The molecule has 74 valence electrons. The number of rotatable bonds is 6. The smallest absolute Gasteiger partial charge is 0.330 e. The molecule has 1 unspecified atom stereocenters. The molecule has 14 heavy (non-hydrogen) atoms. The Morgan fingerprint density at radius 2 is 2.21 bits per heavy atom. The van der Waals surface area contributed by atoms with E-state index in [1.807, 2.05) is 0 Å². The summed E-state index contributed by atoms with van der Waals surface area (Å²) in [6, 6.07) is 2.07. The molecular weight excluding hydrogens is 178 g/mol. The van der Waals surface area contributed by atoms with Gasteiger partial charge in [0, 0.05) is 6.08 Å². The van der Waals surface area contributed by atoms with E-state index in [0.29, 0.717) is 6.42 Å². The van der Waals surface area contributed by atoms with Crippen LogP contribution in [-0.2, 0) is 9.53 Å². The van der Waals surface area contributed by atoms with Crippen molar-refractivity contribution in [1.29, 1.82) is 5.26 Å². The van der Waals surface area contributed by atoms with Gasteiger partial charge in [0.15, 0.2) is 0 Å². The Balaban J connectivity index is 3.64. The summed E-state index contributed by atoms with van der Waals surface area (Å²) in [5, 5.41) is 8.56. The number of allylic oxidation sites excluding steroid dienone is 2. The van der Waals surface area contributed by atoms with Gasteiger partial charge in [-0.05, 0) is 6.42 Å². The largest absolute Gasteiger partial charge is 0.458 e. The second-order valence-corrected chi connectivity index (χ2v) is 2.51. The summed E-state index contributed by atoms with van der Waals surface area (Å²) >= 11 is 0. The highest BCUT2D eigenvalue weighted by Gasteiger charge is 1.96. The maximum Gasteiger partial charge on any atom is 0.330 e. The Kier molecular flexibility index (Phi) is 6.79. The highest BCUT2D eigenvalue weighted by atomic mass is 16.5. The van der Waals surface area contributed by atoms with Crippen LogP contribution in [-0.4, -0.2) is 12.6 Å². The maximum absolute atomic E-state index is 10.6. The molecule has 3 heteroatoms. The number of esters is 1. The second kappa shape index (κ2) is 7.81. The van der Waals surface area contributed by atoms with Crippen LogP contribution in [0.2, 0.25) is 0 Å². The number of hydrogen-bond donors (Lipinski definition) is 0. The van der Waals surface area contributed by atoms with Crippen molar-refractivity contribution in [3.05, 3.63) is 37.5 Å². The van der Waals surface area contributed by atoms with Crippen LogP contribution in [0.5, 0.6) is 0 Å². The third-order valence-electron chi connectivity index (χ3n) is 1.50. The molecule has 0 saturated heterocycles. The summed E-state index contributed by atoms with van der Waals surface area (Å²) in [4.78, 5) is 10.6. The zero-order chi connectivity index (χ0) is 10.8. The Morgan fingerprint density at radius 1 is 1.50 bits per heavy atom. The lowest BCUT2D eigenvalue weighted by Crippen LogP contribution is -1.99. The standard InChI is InChI=1S/C11H13NO2/c1-3-10(9-12)7-5-6-8-14-11(13)4-2/h3-6,10H,1-2,7-8H2.